The van der Waals surface area contributed by atoms with Gasteiger partial charge in [0.25, 0.3) is 0 Å². The van der Waals surface area contributed by atoms with Gasteiger partial charge in [-0.3, -0.25) is 9.78 Å². The van der Waals surface area contributed by atoms with Crippen LogP contribution in [0.5, 0.6) is 0 Å². The number of nitrogens with two attached hydrogens (primary N) is 1. The zero-order valence-corrected chi connectivity index (χ0v) is 19.3. The molecule has 0 fully saturated rings. The Morgan fingerprint density at radius 3 is 2.55 bits per heavy atom. The molecule has 2 aromatic carbocycles. The van der Waals surface area contributed by atoms with Crippen molar-refractivity contribution < 1.29 is 13.2 Å². The number of sulfonamides is 1. The van der Waals surface area contributed by atoms with E-state index in [4.69, 9.17) is 28.3 Å². The second-order valence-corrected chi connectivity index (χ2v) is 9.48. The van der Waals surface area contributed by atoms with Crippen LogP contribution in [-0.4, -0.2) is 29.1 Å². The maximum absolute atomic E-state index is 12.5. The van der Waals surface area contributed by atoms with Crippen molar-refractivity contribution in [3.63, 3.8) is 0 Å². The number of rotatable bonds is 6. The molecule has 0 saturated heterocycles. The van der Waals surface area contributed by atoms with Gasteiger partial charge in [-0.25, -0.2) is 18.2 Å². The predicted octanol–water partition coefficient (Wildman–Crippen LogP) is 4.07. The lowest BCUT2D eigenvalue weighted by Gasteiger charge is -2.12. The van der Waals surface area contributed by atoms with E-state index in [2.05, 4.69) is 15.4 Å². The first-order valence-corrected chi connectivity index (χ1v) is 11.9. The Bertz CT molecular complexity index is 1450. The maximum Gasteiger partial charge on any atom is 0.240 e. The van der Waals surface area contributed by atoms with Crippen molar-refractivity contribution in [3.05, 3.63) is 88.9 Å². The summed E-state index contributed by atoms with van der Waals surface area (Å²) >= 11 is 12.1. The third kappa shape index (κ3) is 5.40. The van der Waals surface area contributed by atoms with E-state index in [1.54, 1.807) is 55.0 Å². The fourth-order valence-corrected chi connectivity index (χ4v) is 4.32. The summed E-state index contributed by atoms with van der Waals surface area (Å²) in [4.78, 5) is 16.3. The molecular formula is C22H17Cl2N5O3S. The number of anilines is 1. The Labute approximate surface area is 200 Å². The minimum atomic E-state index is -4.13. The van der Waals surface area contributed by atoms with Crippen LogP contribution in [0.4, 0.5) is 5.69 Å². The van der Waals surface area contributed by atoms with Gasteiger partial charge in [-0.1, -0.05) is 41.4 Å². The zero-order valence-electron chi connectivity index (χ0n) is 16.9. The van der Waals surface area contributed by atoms with Gasteiger partial charge in [0.15, 0.2) is 0 Å². The summed E-state index contributed by atoms with van der Waals surface area (Å²) in [5, 5.41) is 13.3. The molecule has 0 aliphatic rings. The summed E-state index contributed by atoms with van der Waals surface area (Å²) in [6, 6.07) is 13.1. The first-order valence-electron chi connectivity index (χ1n) is 9.57. The average molecular weight is 502 g/mol. The van der Waals surface area contributed by atoms with Crippen LogP contribution in [-0.2, 0) is 21.2 Å². The van der Waals surface area contributed by atoms with Crippen molar-refractivity contribution in [3.8, 4) is 16.8 Å². The van der Waals surface area contributed by atoms with Crippen molar-refractivity contribution in [1.82, 2.24) is 14.8 Å². The summed E-state index contributed by atoms with van der Waals surface area (Å²) in [6.45, 7) is 0. The summed E-state index contributed by atoms with van der Waals surface area (Å²) in [7, 11) is -4.13. The molecule has 0 aliphatic carbocycles. The lowest BCUT2D eigenvalue weighted by Crippen LogP contribution is -2.18. The van der Waals surface area contributed by atoms with Crippen molar-refractivity contribution in [2.75, 3.05) is 5.32 Å². The van der Waals surface area contributed by atoms with Crippen molar-refractivity contribution in [2.24, 2.45) is 5.14 Å². The number of benzene rings is 2. The van der Waals surface area contributed by atoms with Gasteiger partial charge in [-0.15, -0.1) is 0 Å². The number of amides is 1. The van der Waals surface area contributed by atoms with Crippen LogP contribution in [0, 0.1) is 0 Å². The van der Waals surface area contributed by atoms with Gasteiger partial charge in [-0.05, 0) is 35.9 Å². The molecule has 0 bridgehead atoms. The minimum absolute atomic E-state index is 0.0301. The second-order valence-electron chi connectivity index (χ2n) is 7.11. The summed E-state index contributed by atoms with van der Waals surface area (Å²) in [5.74, 6) is -0.356. The number of pyridine rings is 1. The Hall–Kier alpha value is -3.24. The Kier molecular flexibility index (Phi) is 6.48. The van der Waals surface area contributed by atoms with E-state index in [0.29, 0.717) is 21.2 Å². The molecule has 1 amide bonds. The van der Waals surface area contributed by atoms with Gasteiger partial charge in [0.2, 0.25) is 15.9 Å². The molecule has 0 aliphatic heterocycles. The Morgan fingerprint density at radius 1 is 1.03 bits per heavy atom. The SMILES string of the molecule is NS(=O)(=O)c1cc(NC(=O)Cc2ccccc2Cl)ccc1-n1cc(-c2cncc(Cl)c2)cn1. The summed E-state index contributed by atoms with van der Waals surface area (Å²) < 4.78 is 26.0. The predicted molar refractivity (Wildman–Crippen MR) is 127 cm³/mol. The molecule has 4 aromatic rings. The van der Waals surface area contributed by atoms with Crippen LogP contribution in [0.25, 0.3) is 16.8 Å². The number of hydrogen-bond donors (Lipinski definition) is 2. The number of aromatic nitrogens is 3. The van der Waals surface area contributed by atoms with Gasteiger partial charge in [0.1, 0.15) is 4.90 Å². The fraction of sp³-hybridized carbons (Fsp3) is 0.0455. The highest BCUT2D eigenvalue weighted by Crippen LogP contribution is 2.27. The first kappa shape index (κ1) is 22.9. The quantitative estimate of drug-likeness (QED) is 0.412. The van der Waals surface area contributed by atoms with Gasteiger partial charge >= 0.3 is 0 Å². The molecule has 2 heterocycles. The van der Waals surface area contributed by atoms with E-state index >= 15 is 0 Å². The average Bonchev–Trinajstić information content (AvgIpc) is 3.25. The number of halogens is 2. The van der Waals surface area contributed by atoms with Gasteiger partial charge in [-0.2, -0.15) is 5.10 Å². The highest BCUT2D eigenvalue weighted by Gasteiger charge is 2.18. The molecule has 0 unspecified atom stereocenters. The topological polar surface area (TPSA) is 120 Å². The monoisotopic (exact) mass is 501 g/mol. The third-order valence-corrected chi connectivity index (χ3v) is 6.24. The number of hydrogen-bond acceptors (Lipinski definition) is 5. The number of nitrogens with zero attached hydrogens (tertiary/aromatic N) is 3. The Morgan fingerprint density at radius 2 is 1.82 bits per heavy atom. The van der Waals surface area contributed by atoms with Crippen LogP contribution in [0.2, 0.25) is 10.0 Å². The maximum atomic E-state index is 12.5. The molecule has 4 rings (SSSR count). The lowest BCUT2D eigenvalue weighted by atomic mass is 10.1. The highest BCUT2D eigenvalue weighted by atomic mass is 35.5. The molecule has 0 spiro atoms. The molecule has 168 valence electrons. The van der Waals surface area contributed by atoms with E-state index in [0.717, 1.165) is 5.56 Å². The van der Waals surface area contributed by atoms with E-state index < -0.39 is 10.0 Å². The minimum Gasteiger partial charge on any atom is -0.326 e. The summed E-state index contributed by atoms with van der Waals surface area (Å²) in [6.07, 6.45) is 6.34. The third-order valence-electron chi connectivity index (χ3n) is 4.73. The van der Waals surface area contributed by atoms with Gasteiger partial charge < -0.3 is 5.32 Å². The number of carbonyl (C=O) groups excluding carboxylic acids is 1. The lowest BCUT2D eigenvalue weighted by molar-refractivity contribution is -0.115. The molecule has 2 aromatic heterocycles. The van der Waals surface area contributed by atoms with Gasteiger partial charge in [0.05, 0.1) is 23.3 Å². The molecule has 33 heavy (non-hydrogen) atoms. The first-order chi connectivity index (χ1) is 15.7. The number of nitrogens with one attached hydrogen (secondary N) is 1. The zero-order chi connectivity index (χ0) is 23.6. The normalized spacial score (nSPS) is 11.4. The van der Waals surface area contributed by atoms with Crippen molar-refractivity contribution >= 4 is 44.8 Å². The molecule has 3 N–H and O–H groups in total. The molecule has 8 nitrogen and oxygen atoms in total. The van der Waals surface area contributed by atoms with Crippen LogP contribution >= 0.6 is 23.2 Å². The van der Waals surface area contributed by atoms with Crippen molar-refractivity contribution in [1.29, 1.82) is 0 Å². The Balaban J connectivity index is 1.63. The highest BCUT2D eigenvalue weighted by molar-refractivity contribution is 7.89. The second kappa shape index (κ2) is 9.32. The standard InChI is InChI=1S/C22H17Cl2N5O3S/c23-17-7-15(10-26-12-17)16-11-27-29(13-16)20-6-5-18(9-21(20)33(25,31)32)28-22(30)8-14-3-1-2-4-19(14)24/h1-7,9-13H,8H2,(H,28,30)(H2,25,31,32). The molecule has 0 radical (unpaired) electrons. The number of carbonyl (C=O) groups is 1. The molecular weight excluding hydrogens is 485 g/mol. The number of primary sulfonamides is 1. The van der Waals surface area contributed by atoms with E-state index in [1.165, 1.54) is 23.0 Å². The summed E-state index contributed by atoms with van der Waals surface area (Å²) in [5.41, 5.74) is 2.55. The molecule has 0 atom stereocenters. The van der Waals surface area contributed by atoms with Crippen molar-refractivity contribution in [2.45, 2.75) is 11.3 Å². The smallest absolute Gasteiger partial charge is 0.240 e. The van der Waals surface area contributed by atoms with Crippen LogP contribution in [0.1, 0.15) is 5.56 Å². The van der Waals surface area contributed by atoms with E-state index in [-0.39, 0.29) is 28.6 Å². The van der Waals surface area contributed by atoms with Gasteiger partial charge in [0, 0.05) is 40.4 Å². The molecule has 11 heteroatoms. The van der Waals surface area contributed by atoms with Crippen LogP contribution < -0.4 is 10.5 Å². The van der Waals surface area contributed by atoms with E-state index in [9.17, 15) is 13.2 Å². The van der Waals surface area contributed by atoms with Crippen LogP contribution in [0.3, 0.4) is 0 Å². The largest absolute Gasteiger partial charge is 0.326 e. The van der Waals surface area contributed by atoms with E-state index in [1.807, 2.05) is 0 Å². The fourth-order valence-electron chi connectivity index (χ4n) is 3.20. The van der Waals surface area contributed by atoms with Crippen LogP contribution in [0.15, 0.2) is 78.2 Å². The molecule has 0 saturated carbocycles.